The summed E-state index contributed by atoms with van der Waals surface area (Å²) < 4.78 is 5.45. The Labute approximate surface area is 210 Å². The highest BCUT2D eigenvalue weighted by atomic mass is 35.5. The number of benzene rings is 2. The second kappa shape index (κ2) is 13.3. The number of aryl methyl sites for hydroxylation is 1. The summed E-state index contributed by atoms with van der Waals surface area (Å²) in [7, 11) is 0. The van der Waals surface area contributed by atoms with Gasteiger partial charge in [-0.15, -0.1) is 11.3 Å². The molecule has 180 valence electrons. The molecule has 0 saturated carbocycles. The Balaban J connectivity index is 1.79. The van der Waals surface area contributed by atoms with Crippen LogP contribution in [0.5, 0.6) is 0 Å². The van der Waals surface area contributed by atoms with Gasteiger partial charge in [0.15, 0.2) is 0 Å². The van der Waals surface area contributed by atoms with Gasteiger partial charge in [0.2, 0.25) is 5.91 Å². The first kappa shape index (κ1) is 25.9. The third kappa shape index (κ3) is 7.97. The molecule has 2 amide bonds. The maximum absolute atomic E-state index is 13.5. The molecule has 0 fully saturated rings. The standard InChI is InChI=1S/C27H31ClN2O3S/c1-3-33-16-8-15-29(27(32)23-11-7-12-24(28)17-23)20-26(31)30(18-22-9-5-4-6-10-22)19-25-14-13-21(2)34-25/h4-7,9-14,17H,3,8,15-16,18-20H2,1-2H3. The molecule has 0 radical (unpaired) electrons. The molecule has 0 unspecified atom stereocenters. The molecule has 5 nitrogen and oxygen atoms in total. The van der Waals surface area contributed by atoms with Crippen molar-refractivity contribution < 1.29 is 14.3 Å². The van der Waals surface area contributed by atoms with Gasteiger partial charge in [-0.25, -0.2) is 0 Å². The Morgan fingerprint density at radius 1 is 0.971 bits per heavy atom. The average Bonchev–Trinajstić information content (AvgIpc) is 3.25. The number of carbonyl (C=O) groups is 2. The quantitative estimate of drug-likeness (QED) is 0.296. The lowest BCUT2D eigenvalue weighted by Gasteiger charge is -2.28. The van der Waals surface area contributed by atoms with Crippen LogP contribution in [0.25, 0.3) is 0 Å². The van der Waals surface area contributed by atoms with Crippen LogP contribution in [-0.2, 0) is 22.6 Å². The summed E-state index contributed by atoms with van der Waals surface area (Å²) in [5.74, 6) is -0.305. The van der Waals surface area contributed by atoms with E-state index < -0.39 is 0 Å². The molecule has 34 heavy (non-hydrogen) atoms. The molecule has 2 aromatic carbocycles. The highest BCUT2D eigenvalue weighted by molar-refractivity contribution is 7.11. The van der Waals surface area contributed by atoms with E-state index in [-0.39, 0.29) is 18.4 Å². The van der Waals surface area contributed by atoms with E-state index >= 15 is 0 Å². The Kier molecular flexibility index (Phi) is 10.1. The van der Waals surface area contributed by atoms with E-state index in [9.17, 15) is 9.59 Å². The Bertz CT molecular complexity index is 1070. The Hall–Kier alpha value is -2.67. The smallest absolute Gasteiger partial charge is 0.254 e. The number of halogens is 1. The van der Waals surface area contributed by atoms with Gasteiger partial charge < -0.3 is 14.5 Å². The Morgan fingerprint density at radius 3 is 2.44 bits per heavy atom. The highest BCUT2D eigenvalue weighted by Gasteiger charge is 2.23. The van der Waals surface area contributed by atoms with Crippen LogP contribution in [0, 0.1) is 6.92 Å². The molecular weight excluding hydrogens is 468 g/mol. The predicted molar refractivity (Wildman–Crippen MR) is 138 cm³/mol. The molecule has 0 saturated heterocycles. The van der Waals surface area contributed by atoms with Crippen LogP contribution in [0.2, 0.25) is 5.02 Å². The number of thiophene rings is 1. The molecule has 1 heterocycles. The summed E-state index contributed by atoms with van der Waals surface area (Å²) in [4.78, 5) is 32.6. The monoisotopic (exact) mass is 498 g/mol. The van der Waals surface area contributed by atoms with E-state index in [4.69, 9.17) is 16.3 Å². The van der Waals surface area contributed by atoms with Crippen LogP contribution in [0.3, 0.4) is 0 Å². The molecule has 0 aliphatic carbocycles. The van der Waals surface area contributed by atoms with Gasteiger partial charge in [-0.2, -0.15) is 0 Å². The van der Waals surface area contributed by atoms with Crippen molar-refractivity contribution in [2.75, 3.05) is 26.3 Å². The van der Waals surface area contributed by atoms with E-state index in [0.717, 1.165) is 10.4 Å². The van der Waals surface area contributed by atoms with Crippen LogP contribution >= 0.6 is 22.9 Å². The van der Waals surface area contributed by atoms with Crippen LogP contribution in [0.15, 0.2) is 66.7 Å². The Morgan fingerprint density at radius 2 is 1.76 bits per heavy atom. The van der Waals surface area contributed by atoms with Crippen LogP contribution in [0.4, 0.5) is 0 Å². The fourth-order valence-electron chi connectivity index (χ4n) is 3.62. The minimum absolute atomic E-state index is 0.00530. The number of hydrogen-bond donors (Lipinski definition) is 0. The minimum atomic E-state index is -0.209. The maximum Gasteiger partial charge on any atom is 0.254 e. The number of hydrogen-bond acceptors (Lipinski definition) is 4. The molecule has 0 aliphatic heterocycles. The lowest BCUT2D eigenvalue weighted by Crippen LogP contribution is -2.43. The van der Waals surface area contributed by atoms with Crippen molar-refractivity contribution in [2.24, 2.45) is 0 Å². The third-order valence-corrected chi connectivity index (χ3v) is 6.54. The number of amides is 2. The first-order valence-electron chi connectivity index (χ1n) is 11.5. The maximum atomic E-state index is 13.5. The van der Waals surface area contributed by atoms with Gasteiger partial charge in [-0.05, 0) is 56.2 Å². The number of rotatable bonds is 12. The van der Waals surface area contributed by atoms with Gasteiger partial charge in [0.1, 0.15) is 6.54 Å². The fourth-order valence-corrected chi connectivity index (χ4v) is 4.71. The lowest BCUT2D eigenvalue weighted by molar-refractivity contribution is -0.133. The fraction of sp³-hybridized carbons (Fsp3) is 0.333. The molecule has 0 N–H and O–H groups in total. The average molecular weight is 499 g/mol. The van der Waals surface area contributed by atoms with E-state index in [0.29, 0.717) is 49.9 Å². The van der Waals surface area contributed by atoms with Crippen LogP contribution < -0.4 is 0 Å². The summed E-state index contributed by atoms with van der Waals surface area (Å²) in [6, 6.07) is 20.9. The SMILES string of the molecule is CCOCCCN(CC(=O)N(Cc1ccccc1)Cc1ccc(C)s1)C(=O)c1cccc(Cl)c1. The predicted octanol–water partition coefficient (Wildman–Crippen LogP) is 5.81. The summed E-state index contributed by atoms with van der Waals surface area (Å²) in [5.41, 5.74) is 1.52. The molecule has 7 heteroatoms. The van der Waals surface area contributed by atoms with Crippen LogP contribution in [0.1, 0.15) is 39.0 Å². The first-order chi connectivity index (χ1) is 16.5. The van der Waals surface area contributed by atoms with Gasteiger partial charge in [0.25, 0.3) is 5.91 Å². The molecule has 0 aliphatic rings. The highest BCUT2D eigenvalue weighted by Crippen LogP contribution is 2.20. The minimum Gasteiger partial charge on any atom is -0.382 e. The number of carbonyl (C=O) groups excluding carboxylic acids is 2. The van der Waals surface area contributed by atoms with Crippen molar-refractivity contribution in [1.29, 1.82) is 0 Å². The van der Waals surface area contributed by atoms with Gasteiger partial charge in [0.05, 0.1) is 6.54 Å². The normalized spacial score (nSPS) is 10.8. The number of nitrogens with zero attached hydrogens (tertiary/aromatic N) is 2. The van der Waals surface area contributed by atoms with Crippen molar-refractivity contribution in [3.63, 3.8) is 0 Å². The van der Waals surface area contributed by atoms with E-state index in [1.807, 2.05) is 42.2 Å². The van der Waals surface area contributed by atoms with E-state index in [1.165, 1.54) is 4.88 Å². The largest absolute Gasteiger partial charge is 0.382 e. The molecule has 3 aromatic rings. The van der Waals surface area contributed by atoms with Gasteiger partial charge in [0, 0.05) is 46.6 Å². The molecule has 0 spiro atoms. The summed E-state index contributed by atoms with van der Waals surface area (Å²) in [6.45, 7) is 6.55. The van der Waals surface area contributed by atoms with Crippen molar-refractivity contribution >= 4 is 34.8 Å². The van der Waals surface area contributed by atoms with E-state index in [2.05, 4.69) is 19.1 Å². The lowest BCUT2D eigenvalue weighted by atomic mass is 10.2. The second-order valence-corrected chi connectivity index (χ2v) is 9.84. The zero-order chi connectivity index (χ0) is 24.3. The third-order valence-electron chi connectivity index (χ3n) is 5.32. The summed E-state index contributed by atoms with van der Waals surface area (Å²) in [6.07, 6.45) is 0.649. The van der Waals surface area contributed by atoms with Crippen molar-refractivity contribution in [3.05, 3.63) is 92.6 Å². The topological polar surface area (TPSA) is 49.9 Å². The summed E-state index contributed by atoms with van der Waals surface area (Å²) >= 11 is 7.79. The molecule has 3 rings (SSSR count). The van der Waals surface area contributed by atoms with Crippen molar-refractivity contribution in [3.8, 4) is 0 Å². The van der Waals surface area contributed by atoms with Crippen molar-refractivity contribution in [1.82, 2.24) is 9.80 Å². The van der Waals surface area contributed by atoms with Gasteiger partial charge in [-0.3, -0.25) is 9.59 Å². The molecule has 0 atom stereocenters. The summed E-state index contributed by atoms with van der Waals surface area (Å²) in [5, 5.41) is 0.491. The number of ether oxygens (including phenoxy) is 1. The van der Waals surface area contributed by atoms with Crippen molar-refractivity contribution in [2.45, 2.75) is 33.4 Å². The zero-order valence-electron chi connectivity index (χ0n) is 19.7. The first-order valence-corrected chi connectivity index (χ1v) is 12.6. The van der Waals surface area contributed by atoms with Gasteiger partial charge >= 0.3 is 0 Å². The second-order valence-electron chi connectivity index (χ2n) is 8.04. The van der Waals surface area contributed by atoms with Gasteiger partial charge in [-0.1, -0.05) is 48.0 Å². The van der Waals surface area contributed by atoms with E-state index in [1.54, 1.807) is 40.5 Å². The molecule has 1 aromatic heterocycles. The van der Waals surface area contributed by atoms with Crippen LogP contribution in [-0.4, -0.2) is 47.9 Å². The zero-order valence-corrected chi connectivity index (χ0v) is 21.3. The molecular formula is C27H31ClN2O3S. The molecule has 0 bridgehead atoms.